The Balaban J connectivity index is 1.81. The minimum atomic E-state index is 0.136. The number of carbonyl (C=O) groups excluding carboxylic acids is 1. The summed E-state index contributed by atoms with van der Waals surface area (Å²) >= 11 is 3.44. The molecule has 0 atom stereocenters. The van der Waals surface area contributed by atoms with E-state index in [-0.39, 0.29) is 5.91 Å². The summed E-state index contributed by atoms with van der Waals surface area (Å²) in [6.45, 7) is 3.86. The maximum absolute atomic E-state index is 13.0. The predicted molar refractivity (Wildman–Crippen MR) is 87.5 cm³/mol. The minimum absolute atomic E-state index is 0.136. The zero-order chi connectivity index (χ0) is 14.8. The number of rotatable bonds is 7. The van der Waals surface area contributed by atoms with Crippen LogP contribution < -0.4 is 5.32 Å². The molecule has 0 bridgehead atoms. The maximum atomic E-state index is 13.0. The molecule has 1 amide bonds. The topological polar surface area (TPSA) is 45.2 Å². The molecule has 2 aliphatic rings. The third-order valence-corrected chi connectivity index (χ3v) is 4.46. The van der Waals surface area contributed by atoms with E-state index in [0.29, 0.717) is 17.4 Å². The number of pyridine rings is 1. The average molecular weight is 352 g/mol. The van der Waals surface area contributed by atoms with Crippen LogP contribution >= 0.6 is 15.9 Å². The fourth-order valence-electron chi connectivity index (χ4n) is 2.50. The van der Waals surface area contributed by atoms with E-state index >= 15 is 0 Å². The van der Waals surface area contributed by atoms with Crippen molar-refractivity contribution in [1.82, 2.24) is 9.88 Å². The fourth-order valence-corrected chi connectivity index (χ4v) is 2.84. The van der Waals surface area contributed by atoms with Gasteiger partial charge in [-0.1, -0.05) is 6.92 Å². The van der Waals surface area contributed by atoms with E-state index in [1.54, 1.807) is 6.20 Å². The van der Waals surface area contributed by atoms with E-state index in [1.807, 2.05) is 6.07 Å². The Morgan fingerprint density at radius 1 is 1.43 bits per heavy atom. The first-order chi connectivity index (χ1) is 10.2. The van der Waals surface area contributed by atoms with Crippen molar-refractivity contribution in [3.8, 4) is 0 Å². The van der Waals surface area contributed by atoms with E-state index in [4.69, 9.17) is 0 Å². The summed E-state index contributed by atoms with van der Waals surface area (Å²) in [5.41, 5.74) is 0.699. The molecule has 0 aliphatic heterocycles. The third kappa shape index (κ3) is 3.76. The van der Waals surface area contributed by atoms with E-state index in [9.17, 15) is 4.79 Å². The Morgan fingerprint density at radius 2 is 2.19 bits per heavy atom. The first kappa shape index (κ1) is 14.8. The van der Waals surface area contributed by atoms with Gasteiger partial charge < -0.3 is 10.2 Å². The van der Waals surface area contributed by atoms with Crippen LogP contribution in [0.4, 0.5) is 5.82 Å². The van der Waals surface area contributed by atoms with Gasteiger partial charge in [-0.3, -0.25) is 4.79 Å². The summed E-state index contributed by atoms with van der Waals surface area (Å²) in [6.07, 6.45) is 7.61. The molecular weight excluding hydrogens is 330 g/mol. The van der Waals surface area contributed by atoms with Crippen LogP contribution in [0.3, 0.4) is 0 Å². The molecule has 1 aromatic heterocycles. The van der Waals surface area contributed by atoms with Crippen LogP contribution in [0, 0.1) is 5.92 Å². The number of anilines is 1. The van der Waals surface area contributed by atoms with Crippen LogP contribution in [-0.4, -0.2) is 34.9 Å². The van der Waals surface area contributed by atoms with Crippen LogP contribution in [-0.2, 0) is 0 Å². The molecule has 0 aromatic carbocycles. The van der Waals surface area contributed by atoms with Gasteiger partial charge in [0.1, 0.15) is 5.82 Å². The molecule has 1 heterocycles. The summed E-state index contributed by atoms with van der Waals surface area (Å²) in [6, 6.07) is 2.35. The normalized spacial score (nSPS) is 17.6. The molecule has 2 fully saturated rings. The molecular formula is C16H22BrN3O. The van der Waals surface area contributed by atoms with Crippen molar-refractivity contribution in [3.63, 3.8) is 0 Å². The first-order valence-electron chi connectivity index (χ1n) is 7.89. The van der Waals surface area contributed by atoms with E-state index in [1.165, 1.54) is 12.8 Å². The Labute approximate surface area is 134 Å². The second kappa shape index (κ2) is 6.34. The van der Waals surface area contributed by atoms with E-state index in [2.05, 4.69) is 38.1 Å². The lowest BCUT2D eigenvalue weighted by molar-refractivity contribution is 0.0735. The predicted octanol–water partition coefficient (Wildman–Crippen LogP) is 3.68. The number of hydrogen-bond acceptors (Lipinski definition) is 3. The van der Waals surface area contributed by atoms with Gasteiger partial charge in [0.05, 0.1) is 5.56 Å². The van der Waals surface area contributed by atoms with Gasteiger partial charge in [-0.05, 0) is 60.0 Å². The molecule has 0 radical (unpaired) electrons. The summed E-state index contributed by atoms with van der Waals surface area (Å²) < 4.78 is 0.857. The summed E-state index contributed by atoms with van der Waals surface area (Å²) in [4.78, 5) is 19.4. The highest BCUT2D eigenvalue weighted by molar-refractivity contribution is 9.10. The van der Waals surface area contributed by atoms with Crippen molar-refractivity contribution in [2.75, 3.05) is 18.4 Å². The van der Waals surface area contributed by atoms with Crippen LogP contribution in [0.2, 0.25) is 0 Å². The highest BCUT2D eigenvalue weighted by Gasteiger charge is 2.37. The lowest BCUT2D eigenvalue weighted by Gasteiger charge is -2.23. The fraction of sp³-hybridized carbons (Fsp3) is 0.625. The largest absolute Gasteiger partial charge is 0.369 e. The molecule has 0 saturated heterocycles. The third-order valence-electron chi connectivity index (χ3n) is 4.03. The molecule has 2 aliphatic carbocycles. The van der Waals surface area contributed by atoms with Crippen LogP contribution in [0.1, 0.15) is 49.4 Å². The molecule has 0 spiro atoms. The van der Waals surface area contributed by atoms with Crippen molar-refractivity contribution < 1.29 is 4.79 Å². The van der Waals surface area contributed by atoms with Crippen molar-refractivity contribution in [3.05, 3.63) is 22.3 Å². The van der Waals surface area contributed by atoms with Gasteiger partial charge >= 0.3 is 0 Å². The highest BCUT2D eigenvalue weighted by Crippen LogP contribution is 2.36. The number of amides is 1. The van der Waals surface area contributed by atoms with Gasteiger partial charge in [-0.2, -0.15) is 0 Å². The molecule has 114 valence electrons. The Bertz CT molecular complexity index is 526. The lowest BCUT2D eigenvalue weighted by atomic mass is 10.2. The van der Waals surface area contributed by atoms with Gasteiger partial charge in [0.25, 0.3) is 5.91 Å². The van der Waals surface area contributed by atoms with E-state index in [0.717, 1.165) is 42.7 Å². The quantitative estimate of drug-likeness (QED) is 0.814. The van der Waals surface area contributed by atoms with Crippen LogP contribution in [0.5, 0.6) is 0 Å². The first-order valence-corrected chi connectivity index (χ1v) is 8.68. The van der Waals surface area contributed by atoms with Crippen LogP contribution in [0.15, 0.2) is 16.7 Å². The van der Waals surface area contributed by atoms with Crippen LogP contribution in [0.25, 0.3) is 0 Å². The molecule has 2 saturated carbocycles. The molecule has 3 rings (SSSR count). The average Bonchev–Trinajstić information content (AvgIpc) is 3.36. The van der Waals surface area contributed by atoms with Crippen molar-refractivity contribution in [2.24, 2.45) is 5.92 Å². The number of aromatic nitrogens is 1. The molecule has 21 heavy (non-hydrogen) atoms. The van der Waals surface area contributed by atoms with Crippen molar-refractivity contribution >= 4 is 27.7 Å². The van der Waals surface area contributed by atoms with Crippen molar-refractivity contribution in [2.45, 2.75) is 45.1 Å². The van der Waals surface area contributed by atoms with Gasteiger partial charge in [0.15, 0.2) is 0 Å². The molecule has 1 aromatic rings. The number of carbonyl (C=O) groups is 1. The molecule has 0 unspecified atom stereocenters. The smallest absolute Gasteiger partial charge is 0.257 e. The monoisotopic (exact) mass is 351 g/mol. The number of nitrogens with one attached hydrogen (secondary N) is 1. The Hall–Kier alpha value is -1.10. The summed E-state index contributed by atoms with van der Waals surface area (Å²) in [7, 11) is 0. The zero-order valence-electron chi connectivity index (χ0n) is 12.4. The SMILES string of the molecule is CCCNc1ncc(Br)cc1C(=O)N(CC1CC1)C1CC1. The minimum Gasteiger partial charge on any atom is -0.369 e. The highest BCUT2D eigenvalue weighted by atomic mass is 79.9. The summed E-state index contributed by atoms with van der Waals surface area (Å²) in [5.74, 6) is 1.57. The zero-order valence-corrected chi connectivity index (χ0v) is 14.0. The standard InChI is InChI=1S/C16H22BrN3O/c1-2-7-18-15-14(8-12(17)9-19-15)16(21)20(13-5-6-13)10-11-3-4-11/h8-9,11,13H,2-7,10H2,1H3,(H,18,19). The number of halogens is 1. The number of nitrogens with zero attached hydrogens (tertiary/aromatic N) is 2. The number of hydrogen-bond donors (Lipinski definition) is 1. The summed E-state index contributed by atoms with van der Waals surface area (Å²) in [5, 5.41) is 3.27. The molecule has 4 nitrogen and oxygen atoms in total. The van der Waals surface area contributed by atoms with Gasteiger partial charge in [0, 0.05) is 29.8 Å². The second-order valence-corrected chi connectivity index (χ2v) is 7.02. The van der Waals surface area contributed by atoms with Gasteiger partial charge in [-0.25, -0.2) is 4.98 Å². The van der Waals surface area contributed by atoms with Crippen molar-refractivity contribution in [1.29, 1.82) is 0 Å². The van der Waals surface area contributed by atoms with E-state index < -0.39 is 0 Å². The van der Waals surface area contributed by atoms with Gasteiger partial charge in [-0.15, -0.1) is 0 Å². The Morgan fingerprint density at radius 3 is 2.81 bits per heavy atom. The maximum Gasteiger partial charge on any atom is 0.257 e. The van der Waals surface area contributed by atoms with Gasteiger partial charge in [0.2, 0.25) is 0 Å². The molecule has 1 N–H and O–H groups in total. The lowest BCUT2D eigenvalue weighted by Crippen LogP contribution is -2.35. The molecule has 5 heteroatoms. The second-order valence-electron chi connectivity index (χ2n) is 6.11. The Kier molecular flexibility index (Phi) is 4.48.